The van der Waals surface area contributed by atoms with E-state index in [2.05, 4.69) is 4.40 Å². The van der Waals surface area contributed by atoms with Crippen molar-refractivity contribution in [1.82, 2.24) is 0 Å². The van der Waals surface area contributed by atoms with Crippen LogP contribution in [0.2, 0.25) is 5.02 Å². The molecule has 2 aromatic carbocycles. The summed E-state index contributed by atoms with van der Waals surface area (Å²) in [5.74, 6) is 0. The van der Waals surface area contributed by atoms with Crippen LogP contribution in [-0.4, -0.2) is 13.6 Å². The van der Waals surface area contributed by atoms with Crippen LogP contribution in [0.25, 0.3) is 0 Å². The number of hydrogen-bond donors (Lipinski definition) is 0. The molecule has 0 amide bonds. The van der Waals surface area contributed by atoms with E-state index in [1.807, 2.05) is 0 Å². The van der Waals surface area contributed by atoms with Gasteiger partial charge in [-0.3, -0.25) is 0 Å². The fraction of sp³-hybridized carbons (Fsp3) is 0. The Hall–Kier alpha value is -1.36. The van der Waals surface area contributed by atoms with E-state index in [1.54, 1.807) is 30.3 Å². The highest BCUT2D eigenvalue weighted by atomic mass is 35.5. The van der Waals surface area contributed by atoms with Gasteiger partial charge in [0.05, 0.1) is 4.90 Å². The van der Waals surface area contributed by atoms with Gasteiger partial charge < -0.3 is 0 Å². The molecule has 0 saturated heterocycles. The zero-order valence-electron chi connectivity index (χ0n) is 9.62. The third-order valence-electron chi connectivity index (χ3n) is 2.32. The van der Waals surface area contributed by atoms with Crippen LogP contribution >= 0.6 is 23.2 Å². The summed E-state index contributed by atoms with van der Waals surface area (Å²) in [5.41, 5.74) is 0.543. The van der Waals surface area contributed by atoms with E-state index < -0.39 is 10.0 Å². The lowest BCUT2D eigenvalue weighted by Gasteiger charge is -2.01. The van der Waals surface area contributed by atoms with Crippen molar-refractivity contribution >= 4 is 38.4 Å². The van der Waals surface area contributed by atoms with Crippen LogP contribution in [0.5, 0.6) is 0 Å². The molecule has 0 unspecified atom stereocenters. The summed E-state index contributed by atoms with van der Waals surface area (Å²) in [6.07, 6.45) is 0. The topological polar surface area (TPSA) is 46.5 Å². The minimum absolute atomic E-state index is 0.0472. The fourth-order valence-corrected chi connectivity index (χ4v) is 2.82. The molecule has 0 aliphatic carbocycles. The first kappa shape index (κ1) is 14.1. The molecule has 0 fully saturated rings. The van der Waals surface area contributed by atoms with Crippen LogP contribution in [0.3, 0.4) is 0 Å². The molecule has 0 radical (unpaired) electrons. The first-order valence-electron chi connectivity index (χ1n) is 5.30. The van der Waals surface area contributed by atoms with E-state index in [4.69, 9.17) is 23.2 Å². The number of halogens is 2. The van der Waals surface area contributed by atoms with Gasteiger partial charge in [0.25, 0.3) is 10.0 Å². The Bertz CT molecular complexity index is 695. The number of nitrogens with zero attached hydrogens (tertiary/aromatic N) is 1. The van der Waals surface area contributed by atoms with Crippen LogP contribution in [0.15, 0.2) is 63.9 Å². The number of sulfonamides is 1. The molecule has 0 atom stereocenters. The predicted molar refractivity (Wildman–Crippen MR) is 77.5 cm³/mol. The van der Waals surface area contributed by atoms with Gasteiger partial charge in [0.1, 0.15) is 5.17 Å². The molecule has 0 heterocycles. The van der Waals surface area contributed by atoms with Gasteiger partial charge in [0, 0.05) is 10.6 Å². The quantitative estimate of drug-likeness (QED) is 0.811. The molecular weight excluding hydrogens is 305 g/mol. The van der Waals surface area contributed by atoms with Crippen LogP contribution in [0, 0.1) is 0 Å². The monoisotopic (exact) mass is 313 g/mol. The van der Waals surface area contributed by atoms with Crippen LogP contribution in [0.4, 0.5) is 0 Å². The van der Waals surface area contributed by atoms with Crippen LogP contribution < -0.4 is 0 Å². The Morgan fingerprint density at radius 3 is 2.11 bits per heavy atom. The molecule has 98 valence electrons. The van der Waals surface area contributed by atoms with Crippen molar-refractivity contribution in [2.45, 2.75) is 4.90 Å². The van der Waals surface area contributed by atoms with Gasteiger partial charge in [-0.15, -0.1) is 4.40 Å². The molecule has 3 nitrogen and oxygen atoms in total. The molecule has 0 aromatic heterocycles. The van der Waals surface area contributed by atoms with Gasteiger partial charge in [0.15, 0.2) is 0 Å². The first-order chi connectivity index (χ1) is 8.99. The minimum atomic E-state index is -3.83. The van der Waals surface area contributed by atoms with Crippen LogP contribution in [0.1, 0.15) is 5.56 Å². The number of hydrogen-bond acceptors (Lipinski definition) is 2. The van der Waals surface area contributed by atoms with Crippen LogP contribution in [-0.2, 0) is 10.0 Å². The van der Waals surface area contributed by atoms with E-state index in [9.17, 15) is 8.42 Å². The molecule has 0 aliphatic heterocycles. The van der Waals surface area contributed by atoms with E-state index in [1.165, 1.54) is 24.3 Å². The van der Waals surface area contributed by atoms with Crippen molar-refractivity contribution in [3.8, 4) is 0 Å². The minimum Gasteiger partial charge on any atom is -0.199 e. The largest absolute Gasteiger partial charge is 0.283 e. The van der Waals surface area contributed by atoms with Crippen molar-refractivity contribution in [3.05, 3.63) is 65.2 Å². The second-order valence-corrected chi connectivity index (χ2v) is 6.08. The molecule has 2 rings (SSSR count). The molecule has 0 saturated carbocycles. The van der Waals surface area contributed by atoms with E-state index in [0.717, 1.165) is 0 Å². The zero-order chi connectivity index (χ0) is 13.9. The molecule has 0 N–H and O–H groups in total. The Morgan fingerprint density at radius 1 is 0.947 bits per heavy atom. The van der Waals surface area contributed by atoms with Crippen molar-refractivity contribution in [1.29, 1.82) is 0 Å². The van der Waals surface area contributed by atoms with Gasteiger partial charge in [-0.2, -0.15) is 8.42 Å². The van der Waals surface area contributed by atoms with Crippen molar-refractivity contribution in [2.24, 2.45) is 4.40 Å². The first-order valence-corrected chi connectivity index (χ1v) is 7.50. The maximum absolute atomic E-state index is 12.0. The SMILES string of the molecule is O=S(=O)(/N=C(/Cl)c1ccccc1)c1ccc(Cl)cc1. The number of benzene rings is 2. The number of rotatable bonds is 3. The lowest BCUT2D eigenvalue weighted by atomic mass is 10.2. The second kappa shape index (κ2) is 5.74. The average molecular weight is 314 g/mol. The maximum atomic E-state index is 12.0. The summed E-state index contributed by atoms with van der Waals surface area (Å²) in [4.78, 5) is 0.0472. The molecule has 0 spiro atoms. The standard InChI is InChI=1S/C13H9Cl2NO2S/c14-11-6-8-12(9-7-11)19(17,18)16-13(15)10-4-2-1-3-5-10/h1-9H/b16-13+. The Labute approximate surface area is 121 Å². The van der Waals surface area contributed by atoms with Gasteiger partial charge >= 0.3 is 0 Å². The smallest absolute Gasteiger partial charge is 0.199 e. The molecule has 2 aromatic rings. The van der Waals surface area contributed by atoms with Gasteiger partial charge in [-0.25, -0.2) is 0 Å². The highest BCUT2D eigenvalue weighted by molar-refractivity contribution is 7.90. The summed E-state index contributed by atoms with van der Waals surface area (Å²) >= 11 is 11.6. The Morgan fingerprint density at radius 2 is 1.53 bits per heavy atom. The van der Waals surface area contributed by atoms with E-state index in [-0.39, 0.29) is 10.1 Å². The Balaban J connectivity index is 2.39. The van der Waals surface area contributed by atoms with Gasteiger partial charge in [-0.05, 0) is 24.3 Å². The summed E-state index contributed by atoms with van der Waals surface area (Å²) in [5, 5.41) is 0.382. The third-order valence-corrected chi connectivity index (χ3v) is 4.27. The van der Waals surface area contributed by atoms with Gasteiger partial charge in [-0.1, -0.05) is 53.5 Å². The highest BCUT2D eigenvalue weighted by Crippen LogP contribution is 2.18. The fourth-order valence-electron chi connectivity index (χ4n) is 1.39. The summed E-state index contributed by atoms with van der Waals surface area (Å²) in [6, 6.07) is 14.4. The molecular formula is C13H9Cl2NO2S. The predicted octanol–water partition coefficient (Wildman–Crippen LogP) is 3.71. The average Bonchev–Trinajstić information content (AvgIpc) is 2.40. The third kappa shape index (κ3) is 3.56. The normalized spacial score (nSPS) is 12.4. The second-order valence-electron chi connectivity index (χ2n) is 3.68. The lowest BCUT2D eigenvalue weighted by Crippen LogP contribution is -2.01. The van der Waals surface area contributed by atoms with Crippen molar-refractivity contribution in [2.75, 3.05) is 0 Å². The molecule has 19 heavy (non-hydrogen) atoms. The van der Waals surface area contributed by atoms with E-state index >= 15 is 0 Å². The lowest BCUT2D eigenvalue weighted by molar-refractivity contribution is 0.598. The maximum Gasteiger partial charge on any atom is 0.283 e. The highest BCUT2D eigenvalue weighted by Gasteiger charge is 2.14. The van der Waals surface area contributed by atoms with E-state index in [0.29, 0.717) is 10.6 Å². The summed E-state index contributed by atoms with van der Waals surface area (Å²) in [7, 11) is -3.83. The zero-order valence-corrected chi connectivity index (χ0v) is 12.0. The Kier molecular flexibility index (Phi) is 4.24. The molecule has 0 bridgehead atoms. The van der Waals surface area contributed by atoms with Crippen molar-refractivity contribution in [3.63, 3.8) is 0 Å². The van der Waals surface area contributed by atoms with Gasteiger partial charge in [0.2, 0.25) is 0 Å². The molecule has 6 heteroatoms. The molecule has 0 aliphatic rings. The summed E-state index contributed by atoms with van der Waals surface area (Å²) in [6.45, 7) is 0. The van der Waals surface area contributed by atoms with Crippen molar-refractivity contribution < 1.29 is 8.42 Å². The summed E-state index contributed by atoms with van der Waals surface area (Å²) < 4.78 is 27.6.